The van der Waals surface area contributed by atoms with E-state index < -0.39 is 10.0 Å². The van der Waals surface area contributed by atoms with Crippen molar-refractivity contribution in [3.05, 3.63) is 64.5 Å². The van der Waals surface area contributed by atoms with Gasteiger partial charge in [-0.05, 0) is 52.9 Å². The molecule has 0 unspecified atom stereocenters. The summed E-state index contributed by atoms with van der Waals surface area (Å²) in [5.41, 5.74) is 2.28. The first-order valence-electron chi connectivity index (χ1n) is 10.4. The topological polar surface area (TPSA) is 75.7 Å². The molecule has 4 rings (SSSR count). The Kier molecular flexibility index (Phi) is 6.71. The highest BCUT2D eigenvalue weighted by molar-refractivity contribution is 7.89. The normalized spacial score (nSPS) is 15.3. The van der Waals surface area contributed by atoms with Crippen LogP contribution in [0.5, 0.6) is 0 Å². The van der Waals surface area contributed by atoms with Gasteiger partial charge in [-0.25, -0.2) is 8.42 Å². The summed E-state index contributed by atoms with van der Waals surface area (Å²) in [5, 5.41) is 6.28. The summed E-state index contributed by atoms with van der Waals surface area (Å²) in [7, 11) is -3.67. The molecule has 3 aromatic rings. The molecule has 1 aliphatic rings. The van der Waals surface area contributed by atoms with E-state index in [2.05, 4.69) is 22.8 Å². The Hall–Kier alpha value is -2.26. The van der Waals surface area contributed by atoms with Crippen molar-refractivity contribution in [3.63, 3.8) is 0 Å². The van der Waals surface area contributed by atoms with E-state index in [1.807, 2.05) is 19.1 Å². The van der Waals surface area contributed by atoms with Crippen LogP contribution in [0.2, 0.25) is 0 Å². The molecule has 0 bridgehead atoms. The standard InChI is InChI=1S/C23H26N2O4S2/c1-2-17-7-8-18(15-22(17)31(27,28)25-11-13-29-14-12-25)23(26)24-10-9-19-16-30-21-6-4-3-5-20(19)21/h3-8,15-16H,2,9-14H2,1H3,(H,24,26). The number of hydrogen-bond donors (Lipinski definition) is 1. The molecule has 0 atom stereocenters. The number of benzene rings is 2. The number of hydrogen-bond acceptors (Lipinski definition) is 5. The van der Waals surface area contributed by atoms with Crippen LogP contribution in [0, 0.1) is 0 Å². The Morgan fingerprint density at radius 2 is 1.90 bits per heavy atom. The lowest BCUT2D eigenvalue weighted by atomic mass is 10.1. The first kappa shape index (κ1) is 22.0. The van der Waals surface area contributed by atoms with E-state index in [0.29, 0.717) is 50.4 Å². The number of nitrogens with zero attached hydrogens (tertiary/aromatic N) is 1. The third-order valence-corrected chi connectivity index (χ3v) is 8.53. The summed E-state index contributed by atoms with van der Waals surface area (Å²) in [6, 6.07) is 13.2. The minimum absolute atomic E-state index is 0.216. The lowest BCUT2D eigenvalue weighted by Gasteiger charge is -2.27. The summed E-state index contributed by atoms with van der Waals surface area (Å²) in [4.78, 5) is 13.0. The number of amides is 1. The molecule has 1 aromatic heterocycles. The maximum Gasteiger partial charge on any atom is 0.251 e. The summed E-state index contributed by atoms with van der Waals surface area (Å²) in [6.07, 6.45) is 1.30. The SMILES string of the molecule is CCc1ccc(C(=O)NCCc2csc3ccccc23)cc1S(=O)(=O)N1CCOCC1. The molecule has 1 N–H and O–H groups in total. The minimum atomic E-state index is -3.67. The van der Waals surface area contributed by atoms with Crippen LogP contribution >= 0.6 is 11.3 Å². The van der Waals surface area contributed by atoms with Gasteiger partial charge in [0.15, 0.2) is 0 Å². The van der Waals surface area contributed by atoms with Gasteiger partial charge in [-0.2, -0.15) is 4.31 Å². The molecule has 1 saturated heterocycles. The van der Waals surface area contributed by atoms with Crippen LogP contribution in [0.3, 0.4) is 0 Å². The number of rotatable bonds is 7. The molecule has 0 aliphatic carbocycles. The number of carbonyl (C=O) groups is 1. The quantitative estimate of drug-likeness (QED) is 0.588. The van der Waals surface area contributed by atoms with E-state index in [-0.39, 0.29) is 10.8 Å². The Bertz CT molecular complexity index is 1180. The molecule has 0 spiro atoms. The fourth-order valence-corrected chi connectivity index (χ4v) is 6.52. The molecule has 6 nitrogen and oxygen atoms in total. The highest BCUT2D eigenvalue weighted by Gasteiger charge is 2.29. The van der Waals surface area contributed by atoms with E-state index >= 15 is 0 Å². The third-order valence-electron chi connectivity index (χ3n) is 5.54. The van der Waals surface area contributed by atoms with Crippen molar-refractivity contribution < 1.29 is 17.9 Å². The smallest absolute Gasteiger partial charge is 0.251 e. The highest BCUT2D eigenvalue weighted by atomic mass is 32.2. The van der Waals surface area contributed by atoms with E-state index in [0.717, 1.165) is 6.42 Å². The van der Waals surface area contributed by atoms with Crippen molar-refractivity contribution in [1.29, 1.82) is 0 Å². The van der Waals surface area contributed by atoms with Crippen molar-refractivity contribution >= 4 is 37.4 Å². The average Bonchev–Trinajstić information content (AvgIpc) is 3.22. The monoisotopic (exact) mass is 458 g/mol. The molecule has 0 radical (unpaired) electrons. The Morgan fingerprint density at radius 3 is 2.68 bits per heavy atom. The number of thiophene rings is 1. The molecule has 1 amide bonds. The Morgan fingerprint density at radius 1 is 1.13 bits per heavy atom. The van der Waals surface area contributed by atoms with E-state index in [9.17, 15) is 13.2 Å². The molecule has 164 valence electrons. The van der Waals surface area contributed by atoms with Gasteiger partial charge in [0.05, 0.1) is 18.1 Å². The van der Waals surface area contributed by atoms with E-state index in [1.165, 1.54) is 26.0 Å². The second-order valence-corrected chi connectivity index (χ2v) is 10.3. The van der Waals surface area contributed by atoms with Crippen molar-refractivity contribution in [2.75, 3.05) is 32.8 Å². The number of sulfonamides is 1. The van der Waals surface area contributed by atoms with Crippen molar-refractivity contribution in [3.8, 4) is 0 Å². The molecule has 1 aliphatic heterocycles. The number of carbonyl (C=O) groups excluding carboxylic acids is 1. The second kappa shape index (κ2) is 9.48. The Labute approximate surface area is 186 Å². The average molecular weight is 459 g/mol. The predicted octanol–water partition coefficient (Wildman–Crippen LogP) is 3.46. The molecule has 8 heteroatoms. The van der Waals surface area contributed by atoms with Crippen LogP contribution in [0.1, 0.15) is 28.4 Å². The number of ether oxygens (including phenoxy) is 1. The number of fused-ring (bicyclic) bond motifs is 1. The largest absolute Gasteiger partial charge is 0.379 e. The first-order chi connectivity index (χ1) is 15.0. The maximum absolute atomic E-state index is 13.2. The van der Waals surface area contributed by atoms with Gasteiger partial charge < -0.3 is 10.1 Å². The highest BCUT2D eigenvalue weighted by Crippen LogP contribution is 2.26. The van der Waals surface area contributed by atoms with Crippen LogP contribution in [0.25, 0.3) is 10.1 Å². The summed E-state index contributed by atoms with van der Waals surface area (Å²) < 4.78 is 34.3. The lowest BCUT2D eigenvalue weighted by Crippen LogP contribution is -2.41. The zero-order chi connectivity index (χ0) is 21.8. The van der Waals surface area contributed by atoms with Crippen LogP contribution in [-0.2, 0) is 27.6 Å². The zero-order valence-electron chi connectivity index (χ0n) is 17.5. The van der Waals surface area contributed by atoms with Crippen LogP contribution in [-0.4, -0.2) is 51.5 Å². The van der Waals surface area contributed by atoms with Gasteiger partial charge >= 0.3 is 0 Å². The number of morpholine rings is 1. The minimum Gasteiger partial charge on any atom is -0.379 e. The molecule has 2 aromatic carbocycles. The predicted molar refractivity (Wildman–Crippen MR) is 123 cm³/mol. The van der Waals surface area contributed by atoms with Gasteiger partial charge in [0, 0.05) is 29.9 Å². The lowest BCUT2D eigenvalue weighted by molar-refractivity contribution is 0.0730. The molecule has 2 heterocycles. The number of nitrogens with one attached hydrogen (secondary N) is 1. The summed E-state index contributed by atoms with van der Waals surface area (Å²) >= 11 is 1.70. The van der Waals surface area contributed by atoms with Gasteiger partial charge in [0.2, 0.25) is 10.0 Å². The van der Waals surface area contributed by atoms with Gasteiger partial charge in [-0.3, -0.25) is 4.79 Å². The van der Waals surface area contributed by atoms with Crippen LogP contribution in [0.4, 0.5) is 0 Å². The van der Waals surface area contributed by atoms with Crippen LogP contribution < -0.4 is 5.32 Å². The molecular weight excluding hydrogens is 432 g/mol. The van der Waals surface area contributed by atoms with Crippen molar-refractivity contribution in [1.82, 2.24) is 9.62 Å². The van der Waals surface area contributed by atoms with Gasteiger partial charge in [0.1, 0.15) is 0 Å². The molecular formula is C23H26N2O4S2. The molecule has 31 heavy (non-hydrogen) atoms. The van der Waals surface area contributed by atoms with Crippen molar-refractivity contribution in [2.45, 2.75) is 24.7 Å². The van der Waals surface area contributed by atoms with Gasteiger partial charge in [0.25, 0.3) is 5.91 Å². The van der Waals surface area contributed by atoms with Gasteiger partial charge in [-0.1, -0.05) is 31.2 Å². The van der Waals surface area contributed by atoms with Crippen molar-refractivity contribution in [2.24, 2.45) is 0 Å². The zero-order valence-corrected chi connectivity index (χ0v) is 19.1. The number of aryl methyl sites for hydroxylation is 1. The summed E-state index contributed by atoms with van der Waals surface area (Å²) in [5.74, 6) is -0.263. The summed E-state index contributed by atoms with van der Waals surface area (Å²) in [6.45, 7) is 3.84. The fourth-order valence-electron chi connectivity index (χ4n) is 3.79. The van der Waals surface area contributed by atoms with E-state index in [4.69, 9.17) is 4.74 Å². The Balaban J connectivity index is 1.48. The maximum atomic E-state index is 13.2. The molecule has 1 fully saturated rings. The van der Waals surface area contributed by atoms with E-state index in [1.54, 1.807) is 23.5 Å². The van der Waals surface area contributed by atoms with Gasteiger partial charge in [-0.15, -0.1) is 11.3 Å². The second-order valence-electron chi connectivity index (χ2n) is 7.46. The molecule has 0 saturated carbocycles. The third kappa shape index (κ3) is 4.67. The van der Waals surface area contributed by atoms with Crippen LogP contribution in [0.15, 0.2) is 52.7 Å². The fraction of sp³-hybridized carbons (Fsp3) is 0.348. The first-order valence-corrected chi connectivity index (χ1v) is 12.8.